The van der Waals surface area contributed by atoms with E-state index in [-0.39, 0.29) is 12.1 Å². The third-order valence-electron chi connectivity index (χ3n) is 4.97. The van der Waals surface area contributed by atoms with Crippen LogP contribution in [0.15, 0.2) is 49.1 Å². The van der Waals surface area contributed by atoms with Gasteiger partial charge in [0.05, 0.1) is 24.7 Å². The number of aromatic nitrogens is 4. The number of amides is 1. The molecule has 0 bridgehead atoms. The highest BCUT2D eigenvalue weighted by Gasteiger charge is 2.33. The second kappa shape index (κ2) is 9.40. The van der Waals surface area contributed by atoms with Gasteiger partial charge in [-0.25, -0.2) is 19.7 Å². The summed E-state index contributed by atoms with van der Waals surface area (Å²) < 4.78 is 16.3. The largest absolute Gasteiger partial charge is 0.497 e. The van der Waals surface area contributed by atoms with Crippen LogP contribution >= 0.6 is 0 Å². The Morgan fingerprint density at radius 2 is 1.82 bits per heavy atom. The Kier molecular flexibility index (Phi) is 6.39. The molecule has 0 spiro atoms. The highest BCUT2D eigenvalue weighted by molar-refractivity contribution is 5.69. The van der Waals surface area contributed by atoms with Crippen LogP contribution in [-0.4, -0.2) is 56.7 Å². The molecule has 9 heteroatoms. The zero-order valence-electron chi connectivity index (χ0n) is 19.2. The van der Waals surface area contributed by atoms with Gasteiger partial charge in [-0.15, -0.1) is 0 Å². The number of methoxy groups -OCH3 is 1. The predicted octanol–water partition coefficient (Wildman–Crippen LogP) is 4.14. The number of likely N-dealkylation sites (tertiary alicyclic amines) is 1. The molecule has 33 heavy (non-hydrogen) atoms. The summed E-state index contributed by atoms with van der Waals surface area (Å²) in [6.07, 6.45) is 7.21. The van der Waals surface area contributed by atoms with Crippen molar-refractivity contribution in [2.75, 3.05) is 20.2 Å². The SMILES string of the molecule is COc1cccc(Oc2ncc(-c3cncc(CC4CN(C(=O)OC(C)(C)C)C4)n3)cn2)c1. The lowest BCUT2D eigenvalue weighted by molar-refractivity contribution is -0.00101. The van der Waals surface area contributed by atoms with E-state index >= 15 is 0 Å². The molecule has 0 radical (unpaired) electrons. The van der Waals surface area contributed by atoms with Crippen molar-refractivity contribution in [2.45, 2.75) is 32.8 Å². The molecule has 1 amide bonds. The van der Waals surface area contributed by atoms with Crippen molar-refractivity contribution >= 4 is 6.09 Å². The van der Waals surface area contributed by atoms with Crippen molar-refractivity contribution in [3.8, 4) is 28.8 Å². The van der Waals surface area contributed by atoms with E-state index in [1.165, 1.54) is 0 Å². The standard InChI is InChI=1S/C24H27N5O4/c1-24(2,3)33-23(30)29-14-16(15-29)8-18-12-25-13-21(28-18)17-10-26-22(27-11-17)32-20-7-5-6-19(9-20)31-4/h5-7,9-13,16H,8,14-15H2,1-4H3. The van der Waals surface area contributed by atoms with Gasteiger partial charge in [0.1, 0.15) is 17.1 Å². The van der Waals surface area contributed by atoms with Crippen LogP contribution in [0.3, 0.4) is 0 Å². The molecule has 1 fully saturated rings. The molecule has 1 saturated heterocycles. The molecular weight excluding hydrogens is 422 g/mol. The molecule has 0 N–H and O–H groups in total. The Morgan fingerprint density at radius 3 is 2.52 bits per heavy atom. The summed E-state index contributed by atoms with van der Waals surface area (Å²) in [6, 6.07) is 7.46. The topological polar surface area (TPSA) is 99.6 Å². The molecule has 172 valence electrons. The second-order valence-corrected chi connectivity index (χ2v) is 8.89. The van der Waals surface area contributed by atoms with E-state index in [1.807, 2.05) is 32.9 Å². The summed E-state index contributed by atoms with van der Waals surface area (Å²) in [5.74, 6) is 1.61. The molecule has 1 aromatic carbocycles. The minimum absolute atomic E-state index is 0.229. The van der Waals surface area contributed by atoms with Crippen molar-refractivity contribution < 1.29 is 19.0 Å². The Hall–Kier alpha value is -3.75. The normalized spacial score (nSPS) is 13.9. The maximum atomic E-state index is 12.1. The first kappa shape index (κ1) is 22.4. The molecule has 0 unspecified atom stereocenters. The van der Waals surface area contributed by atoms with E-state index in [2.05, 4.69) is 15.0 Å². The van der Waals surface area contributed by atoms with Crippen molar-refractivity contribution in [1.82, 2.24) is 24.8 Å². The van der Waals surface area contributed by atoms with E-state index in [4.69, 9.17) is 19.2 Å². The number of carbonyl (C=O) groups is 1. The maximum absolute atomic E-state index is 12.1. The molecule has 0 saturated carbocycles. The van der Waals surface area contributed by atoms with Gasteiger partial charge >= 0.3 is 12.1 Å². The predicted molar refractivity (Wildman–Crippen MR) is 121 cm³/mol. The summed E-state index contributed by atoms with van der Waals surface area (Å²) in [5, 5.41) is 0. The zero-order valence-corrected chi connectivity index (χ0v) is 19.2. The number of hydrogen-bond donors (Lipinski definition) is 0. The Balaban J connectivity index is 1.35. The molecule has 2 aromatic heterocycles. The van der Waals surface area contributed by atoms with Crippen LogP contribution in [0.5, 0.6) is 17.5 Å². The van der Waals surface area contributed by atoms with Gasteiger partial charge in [-0.2, -0.15) is 0 Å². The molecule has 3 aromatic rings. The second-order valence-electron chi connectivity index (χ2n) is 8.89. The lowest BCUT2D eigenvalue weighted by Crippen LogP contribution is -2.52. The van der Waals surface area contributed by atoms with Gasteiger partial charge in [-0.05, 0) is 45.2 Å². The quantitative estimate of drug-likeness (QED) is 0.553. The van der Waals surface area contributed by atoms with Gasteiger partial charge in [0.15, 0.2) is 0 Å². The Bertz CT molecular complexity index is 1110. The third kappa shape index (κ3) is 5.94. The van der Waals surface area contributed by atoms with Crippen LogP contribution in [0.2, 0.25) is 0 Å². The number of carbonyl (C=O) groups excluding carboxylic acids is 1. The minimum atomic E-state index is -0.488. The van der Waals surface area contributed by atoms with Crippen LogP contribution in [-0.2, 0) is 11.2 Å². The van der Waals surface area contributed by atoms with Crippen molar-refractivity contribution in [1.29, 1.82) is 0 Å². The van der Waals surface area contributed by atoms with Gasteiger partial charge in [-0.1, -0.05) is 6.07 Å². The van der Waals surface area contributed by atoms with E-state index in [0.717, 1.165) is 17.7 Å². The number of rotatable bonds is 6. The van der Waals surface area contributed by atoms with Gasteiger partial charge < -0.3 is 19.1 Å². The molecule has 0 aliphatic carbocycles. The third-order valence-corrected chi connectivity index (χ3v) is 4.97. The van der Waals surface area contributed by atoms with Crippen LogP contribution in [0.1, 0.15) is 26.5 Å². The van der Waals surface area contributed by atoms with Gasteiger partial charge in [0.25, 0.3) is 0 Å². The van der Waals surface area contributed by atoms with Crippen LogP contribution in [0.25, 0.3) is 11.3 Å². The zero-order chi connectivity index (χ0) is 23.4. The summed E-state index contributed by atoms with van der Waals surface area (Å²) in [7, 11) is 1.60. The van der Waals surface area contributed by atoms with Gasteiger partial charge in [-0.3, -0.25) is 4.98 Å². The van der Waals surface area contributed by atoms with Crippen molar-refractivity contribution in [3.63, 3.8) is 0 Å². The first-order valence-corrected chi connectivity index (χ1v) is 10.7. The fourth-order valence-corrected chi connectivity index (χ4v) is 3.39. The molecule has 4 rings (SSSR count). The minimum Gasteiger partial charge on any atom is -0.497 e. The molecule has 3 heterocycles. The van der Waals surface area contributed by atoms with Gasteiger partial charge in [0, 0.05) is 43.3 Å². The van der Waals surface area contributed by atoms with Gasteiger partial charge in [0.2, 0.25) is 0 Å². The Morgan fingerprint density at radius 1 is 1.09 bits per heavy atom. The summed E-state index contributed by atoms with van der Waals surface area (Å²) in [6.45, 7) is 6.90. The summed E-state index contributed by atoms with van der Waals surface area (Å²) >= 11 is 0. The van der Waals surface area contributed by atoms with Crippen molar-refractivity contribution in [2.24, 2.45) is 5.92 Å². The smallest absolute Gasteiger partial charge is 0.410 e. The number of benzene rings is 1. The fraction of sp³-hybridized carbons (Fsp3) is 0.375. The van der Waals surface area contributed by atoms with Crippen LogP contribution in [0, 0.1) is 5.92 Å². The van der Waals surface area contributed by atoms with Crippen LogP contribution < -0.4 is 9.47 Å². The van der Waals surface area contributed by atoms with E-state index in [9.17, 15) is 4.79 Å². The first-order valence-electron chi connectivity index (χ1n) is 10.7. The molecular formula is C24H27N5O4. The van der Waals surface area contributed by atoms with E-state index < -0.39 is 5.60 Å². The molecule has 1 aliphatic heterocycles. The summed E-state index contributed by atoms with van der Waals surface area (Å²) in [5.41, 5.74) is 1.80. The van der Waals surface area contributed by atoms with Crippen LogP contribution in [0.4, 0.5) is 4.79 Å². The highest BCUT2D eigenvalue weighted by Crippen LogP contribution is 2.25. The first-order chi connectivity index (χ1) is 15.8. The molecule has 9 nitrogen and oxygen atoms in total. The van der Waals surface area contributed by atoms with E-state index in [1.54, 1.807) is 48.9 Å². The van der Waals surface area contributed by atoms with Crippen molar-refractivity contribution in [3.05, 3.63) is 54.7 Å². The fourth-order valence-electron chi connectivity index (χ4n) is 3.39. The lowest BCUT2D eigenvalue weighted by Gasteiger charge is -2.39. The molecule has 0 atom stereocenters. The average Bonchev–Trinajstić information content (AvgIpc) is 2.75. The number of hydrogen-bond acceptors (Lipinski definition) is 8. The summed E-state index contributed by atoms with van der Waals surface area (Å²) in [4.78, 5) is 31.4. The highest BCUT2D eigenvalue weighted by atomic mass is 16.6. The number of nitrogens with zero attached hydrogens (tertiary/aromatic N) is 5. The van der Waals surface area contributed by atoms with E-state index in [0.29, 0.717) is 36.2 Å². The Labute approximate surface area is 192 Å². The molecule has 1 aliphatic rings. The average molecular weight is 450 g/mol. The maximum Gasteiger partial charge on any atom is 0.410 e. The number of ether oxygens (including phenoxy) is 3. The lowest BCUT2D eigenvalue weighted by atomic mass is 9.95. The monoisotopic (exact) mass is 449 g/mol.